The van der Waals surface area contributed by atoms with Crippen LogP contribution in [0.4, 0.5) is 0 Å². The van der Waals surface area contributed by atoms with E-state index in [9.17, 15) is 4.79 Å². The van der Waals surface area contributed by atoms with Gasteiger partial charge in [0.25, 0.3) is 0 Å². The van der Waals surface area contributed by atoms with Crippen LogP contribution in [0.3, 0.4) is 0 Å². The van der Waals surface area contributed by atoms with Crippen LogP contribution in [0.1, 0.15) is 30.9 Å². The molecule has 0 saturated heterocycles. The highest BCUT2D eigenvalue weighted by atomic mass is 79.9. The first-order valence-electron chi connectivity index (χ1n) is 4.86. The lowest BCUT2D eigenvalue weighted by Crippen LogP contribution is -2.42. The number of rotatable bonds is 2. The third kappa shape index (κ3) is 1.33. The van der Waals surface area contributed by atoms with Crippen molar-refractivity contribution in [2.24, 2.45) is 0 Å². The SMILES string of the molecule is CC1(c2ccccc2CBr)CCC1=O. The molecule has 1 fully saturated rings. The summed E-state index contributed by atoms with van der Waals surface area (Å²) < 4.78 is 0. The van der Waals surface area contributed by atoms with Crippen LogP contribution in [-0.2, 0) is 15.5 Å². The van der Waals surface area contributed by atoms with Gasteiger partial charge in [0.1, 0.15) is 5.78 Å². The molecular formula is C12H13BrO. The van der Waals surface area contributed by atoms with Crippen LogP contribution in [0, 0.1) is 0 Å². The van der Waals surface area contributed by atoms with E-state index in [0.29, 0.717) is 5.78 Å². The van der Waals surface area contributed by atoms with Crippen molar-refractivity contribution in [3.05, 3.63) is 35.4 Å². The second kappa shape index (κ2) is 3.50. The fourth-order valence-electron chi connectivity index (χ4n) is 2.06. The molecule has 0 spiro atoms. The molecule has 2 rings (SSSR count). The molecule has 0 N–H and O–H groups in total. The van der Waals surface area contributed by atoms with Crippen LogP contribution in [0.2, 0.25) is 0 Å². The second-order valence-electron chi connectivity index (χ2n) is 4.05. The molecule has 1 aromatic carbocycles. The van der Waals surface area contributed by atoms with Gasteiger partial charge in [0.05, 0.1) is 5.41 Å². The van der Waals surface area contributed by atoms with Crippen molar-refractivity contribution in [1.82, 2.24) is 0 Å². The van der Waals surface area contributed by atoms with Gasteiger partial charge in [0.2, 0.25) is 0 Å². The first-order valence-corrected chi connectivity index (χ1v) is 5.98. The van der Waals surface area contributed by atoms with E-state index < -0.39 is 0 Å². The maximum Gasteiger partial charge on any atom is 0.143 e. The summed E-state index contributed by atoms with van der Waals surface area (Å²) in [5.41, 5.74) is 2.24. The van der Waals surface area contributed by atoms with Gasteiger partial charge in [-0.2, -0.15) is 0 Å². The lowest BCUT2D eigenvalue weighted by molar-refractivity contribution is -0.130. The van der Waals surface area contributed by atoms with Gasteiger partial charge in [0, 0.05) is 11.8 Å². The lowest BCUT2D eigenvalue weighted by Gasteiger charge is -2.38. The van der Waals surface area contributed by atoms with Crippen molar-refractivity contribution in [2.75, 3.05) is 0 Å². The Morgan fingerprint density at radius 3 is 2.64 bits per heavy atom. The molecule has 0 radical (unpaired) electrons. The molecule has 1 atom stereocenters. The Kier molecular flexibility index (Phi) is 2.48. The van der Waals surface area contributed by atoms with Crippen LogP contribution in [-0.4, -0.2) is 5.78 Å². The van der Waals surface area contributed by atoms with Crippen LogP contribution < -0.4 is 0 Å². The average molecular weight is 253 g/mol. The summed E-state index contributed by atoms with van der Waals surface area (Å²) >= 11 is 3.46. The number of Topliss-reactive ketones (excluding diaryl/α,β-unsaturated/α-hetero) is 1. The number of alkyl halides is 1. The Labute approximate surface area is 92.6 Å². The van der Waals surface area contributed by atoms with Gasteiger partial charge in [-0.05, 0) is 24.5 Å². The van der Waals surface area contributed by atoms with Gasteiger partial charge >= 0.3 is 0 Å². The van der Waals surface area contributed by atoms with Crippen molar-refractivity contribution >= 4 is 21.7 Å². The van der Waals surface area contributed by atoms with Crippen LogP contribution >= 0.6 is 15.9 Å². The first kappa shape index (κ1) is 9.91. The Morgan fingerprint density at radius 2 is 2.14 bits per heavy atom. The predicted octanol–water partition coefficient (Wildman–Crippen LogP) is 3.20. The fourth-order valence-corrected chi connectivity index (χ4v) is 2.55. The Balaban J connectivity index is 2.45. The van der Waals surface area contributed by atoms with Crippen molar-refractivity contribution < 1.29 is 4.79 Å². The highest BCUT2D eigenvalue weighted by Crippen LogP contribution is 2.41. The Bertz CT molecular complexity index is 372. The van der Waals surface area contributed by atoms with Gasteiger partial charge < -0.3 is 0 Å². The molecule has 74 valence electrons. The molecule has 1 nitrogen and oxygen atoms in total. The normalized spacial score (nSPS) is 26.0. The van der Waals surface area contributed by atoms with E-state index in [1.165, 1.54) is 11.1 Å². The zero-order chi connectivity index (χ0) is 10.2. The quantitative estimate of drug-likeness (QED) is 0.739. The molecule has 0 heterocycles. The van der Waals surface area contributed by atoms with Gasteiger partial charge in [0.15, 0.2) is 0 Å². The van der Waals surface area contributed by atoms with Crippen molar-refractivity contribution in [3.8, 4) is 0 Å². The molecular weight excluding hydrogens is 240 g/mol. The van der Waals surface area contributed by atoms with Crippen molar-refractivity contribution in [1.29, 1.82) is 0 Å². The molecule has 0 amide bonds. The summed E-state index contributed by atoms with van der Waals surface area (Å²) in [6.45, 7) is 2.06. The molecule has 1 aliphatic rings. The number of carbonyl (C=O) groups excluding carboxylic acids is 1. The number of carbonyl (C=O) groups is 1. The third-order valence-electron chi connectivity index (χ3n) is 3.22. The molecule has 1 unspecified atom stereocenters. The van der Waals surface area contributed by atoms with E-state index in [4.69, 9.17) is 0 Å². The second-order valence-corrected chi connectivity index (χ2v) is 4.61. The maximum absolute atomic E-state index is 11.6. The summed E-state index contributed by atoms with van der Waals surface area (Å²) in [4.78, 5) is 11.6. The number of halogens is 1. The minimum absolute atomic E-state index is 0.204. The zero-order valence-corrected chi connectivity index (χ0v) is 9.80. The van der Waals surface area contributed by atoms with Crippen LogP contribution in [0.25, 0.3) is 0 Å². The zero-order valence-electron chi connectivity index (χ0n) is 8.22. The molecule has 1 aliphatic carbocycles. The summed E-state index contributed by atoms with van der Waals surface area (Å²) in [6, 6.07) is 8.19. The van der Waals surface area contributed by atoms with E-state index in [2.05, 4.69) is 35.0 Å². The molecule has 14 heavy (non-hydrogen) atoms. The lowest BCUT2D eigenvalue weighted by atomic mass is 9.64. The van der Waals surface area contributed by atoms with Crippen molar-refractivity contribution in [3.63, 3.8) is 0 Å². The van der Waals surface area contributed by atoms with Crippen LogP contribution in [0.5, 0.6) is 0 Å². The van der Waals surface area contributed by atoms with E-state index in [1.807, 2.05) is 12.1 Å². The molecule has 2 heteroatoms. The maximum atomic E-state index is 11.6. The first-order chi connectivity index (χ1) is 6.68. The average Bonchev–Trinajstić information content (AvgIpc) is 2.26. The Hall–Kier alpha value is -0.630. The minimum Gasteiger partial charge on any atom is -0.299 e. The minimum atomic E-state index is -0.204. The van der Waals surface area contributed by atoms with E-state index in [-0.39, 0.29) is 5.41 Å². The summed E-state index contributed by atoms with van der Waals surface area (Å²) in [5, 5.41) is 0.825. The molecule has 0 aromatic heterocycles. The number of hydrogen-bond acceptors (Lipinski definition) is 1. The standard InChI is InChI=1S/C12H13BrO/c1-12(7-6-11(12)14)10-5-3-2-4-9(10)8-13/h2-5H,6-8H2,1H3. The fraction of sp³-hybridized carbons (Fsp3) is 0.417. The molecule has 1 aromatic rings. The summed E-state index contributed by atoms with van der Waals surface area (Å²) in [7, 11) is 0. The number of benzene rings is 1. The largest absolute Gasteiger partial charge is 0.299 e. The van der Waals surface area contributed by atoms with Gasteiger partial charge in [-0.1, -0.05) is 40.2 Å². The smallest absolute Gasteiger partial charge is 0.143 e. The van der Waals surface area contributed by atoms with E-state index >= 15 is 0 Å². The van der Waals surface area contributed by atoms with Crippen LogP contribution in [0.15, 0.2) is 24.3 Å². The summed E-state index contributed by atoms with van der Waals surface area (Å²) in [5.74, 6) is 0.380. The molecule has 0 bridgehead atoms. The molecule has 1 saturated carbocycles. The van der Waals surface area contributed by atoms with E-state index in [1.54, 1.807) is 0 Å². The molecule has 0 aliphatic heterocycles. The third-order valence-corrected chi connectivity index (χ3v) is 3.83. The highest BCUT2D eigenvalue weighted by Gasteiger charge is 2.43. The highest BCUT2D eigenvalue weighted by molar-refractivity contribution is 9.08. The summed E-state index contributed by atoms with van der Waals surface area (Å²) in [6.07, 6.45) is 1.74. The Morgan fingerprint density at radius 1 is 1.43 bits per heavy atom. The number of hydrogen-bond donors (Lipinski definition) is 0. The van der Waals surface area contributed by atoms with E-state index in [0.717, 1.165) is 18.2 Å². The van der Waals surface area contributed by atoms with Gasteiger partial charge in [-0.15, -0.1) is 0 Å². The number of ketones is 1. The monoisotopic (exact) mass is 252 g/mol. The predicted molar refractivity (Wildman–Crippen MR) is 60.7 cm³/mol. The topological polar surface area (TPSA) is 17.1 Å². The van der Waals surface area contributed by atoms with Gasteiger partial charge in [-0.25, -0.2) is 0 Å². The van der Waals surface area contributed by atoms with Crippen molar-refractivity contribution in [2.45, 2.75) is 30.5 Å². The van der Waals surface area contributed by atoms with Gasteiger partial charge in [-0.3, -0.25) is 4.79 Å².